The molecule has 18 heavy (non-hydrogen) atoms. The molecule has 6 heteroatoms. The van der Waals surface area contributed by atoms with E-state index >= 15 is 0 Å². The van der Waals surface area contributed by atoms with Crippen molar-refractivity contribution in [1.82, 2.24) is 0 Å². The lowest BCUT2D eigenvalue weighted by Gasteiger charge is -2.03. The standard InChI is InChI=1S/C12H17NO5/c1-2-16-11(14)5-6-12(15)17-8-10-4-3-9(7-13)18-10/h3-4H,2,5-8,13H2,1H3. The highest BCUT2D eigenvalue weighted by atomic mass is 16.5. The number of nitrogens with two attached hydrogens (primary N) is 1. The van der Waals surface area contributed by atoms with Crippen molar-refractivity contribution in [3.05, 3.63) is 23.7 Å². The minimum Gasteiger partial charge on any atom is -0.466 e. The maximum atomic E-state index is 11.3. The molecule has 0 bridgehead atoms. The number of rotatable bonds is 7. The van der Waals surface area contributed by atoms with E-state index in [1.54, 1.807) is 19.1 Å². The van der Waals surface area contributed by atoms with Crippen LogP contribution in [0.5, 0.6) is 0 Å². The zero-order chi connectivity index (χ0) is 13.4. The predicted octanol–water partition coefficient (Wildman–Crippen LogP) is 1.12. The Morgan fingerprint density at radius 3 is 2.33 bits per heavy atom. The predicted molar refractivity (Wildman–Crippen MR) is 62.3 cm³/mol. The fourth-order valence-electron chi connectivity index (χ4n) is 1.27. The van der Waals surface area contributed by atoms with Crippen LogP contribution in [0.1, 0.15) is 31.3 Å². The van der Waals surface area contributed by atoms with Gasteiger partial charge in [-0.25, -0.2) is 0 Å². The smallest absolute Gasteiger partial charge is 0.306 e. The van der Waals surface area contributed by atoms with E-state index in [2.05, 4.69) is 0 Å². The Morgan fingerprint density at radius 2 is 1.78 bits per heavy atom. The molecule has 0 aliphatic heterocycles. The van der Waals surface area contributed by atoms with Crippen molar-refractivity contribution in [1.29, 1.82) is 0 Å². The van der Waals surface area contributed by atoms with E-state index in [4.69, 9.17) is 19.6 Å². The molecule has 0 atom stereocenters. The van der Waals surface area contributed by atoms with Gasteiger partial charge in [0, 0.05) is 0 Å². The molecule has 0 aromatic carbocycles. The zero-order valence-electron chi connectivity index (χ0n) is 10.3. The molecule has 1 rings (SSSR count). The van der Waals surface area contributed by atoms with Crippen LogP contribution in [0.2, 0.25) is 0 Å². The van der Waals surface area contributed by atoms with Crippen LogP contribution < -0.4 is 5.73 Å². The van der Waals surface area contributed by atoms with E-state index in [-0.39, 0.29) is 19.4 Å². The molecule has 0 spiro atoms. The van der Waals surface area contributed by atoms with Gasteiger partial charge in [-0.1, -0.05) is 0 Å². The van der Waals surface area contributed by atoms with Crippen LogP contribution in [0.25, 0.3) is 0 Å². The Hall–Kier alpha value is -1.82. The van der Waals surface area contributed by atoms with Gasteiger partial charge in [0.05, 0.1) is 26.0 Å². The number of hydrogen-bond donors (Lipinski definition) is 1. The van der Waals surface area contributed by atoms with Crippen LogP contribution >= 0.6 is 0 Å². The molecule has 0 aliphatic carbocycles. The summed E-state index contributed by atoms with van der Waals surface area (Å²) in [7, 11) is 0. The molecule has 1 heterocycles. The first-order valence-corrected chi connectivity index (χ1v) is 5.74. The maximum Gasteiger partial charge on any atom is 0.306 e. The van der Waals surface area contributed by atoms with E-state index in [9.17, 15) is 9.59 Å². The van der Waals surface area contributed by atoms with Crippen LogP contribution in [0, 0.1) is 0 Å². The minimum absolute atomic E-state index is 0.00326. The first-order valence-electron chi connectivity index (χ1n) is 5.74. The maximum absolute atomic E-state index is 11.3. The molecule has 0 fully saturated rings. The highest BCUT2D eigenvalue weighted by Crippen LogP contribution is 2.09. The number of carbonyl (C=O) groups is 2. The average Bonchev–Trinajstić information content (AvgIpc) is 2.82. The number of ether oxygens (including phenoxy) is 2. The van der Waals surface area contributed by atoms with E-state index in [1.165, 1.54) is 0 Å². The van der Waals surface area contributed by atoms with Gasteiger partial charge in [-0.05, 0) is 19.1 Å². The summed E-state index contributed by atoms with van der Waals surface area (Å²) < 4.78 is 14.9. The Balaban J connectivity index is 2.22. The normalized spacial score (nSPS) is 10.1. The van der Waals surface area contributed by atoms with Crippen LogP contribution in [-0.2, 0) is 32.2 Å². The van der Waals surface area contributed by atoms with Crippen molar-refractivity contribution in [3.8, 4) is 0 Å². The summed E-state index contributed by atoms with van der Waals surface area (Å²) in [6.07, 6.45) is 0.0299. The van der Waals surface area contributed by atoms with Gasteiger partial charge in [-0.2, -0.15) is 0 Å². The number of furan rings is 1. The Bertz CT molecular complexity index is 399. The van der Waals surface area contributed by atoms with Crippen molar-refractivity contribution >= 4 is 11.9 Å². The molecule has 1 aromatic heterocycles. The largest absolute Gasteiger partial charge is 0.466 e. The zero-order valence-corrected chi connectivity index (χ0v) is 10.3. The molecule has 2 N–H and O–H groups in total. The molecule has 0 unspecified atom stereocenters. The summed E-state index contributed by atoms with van der Waals surface area (Å²) in [6.45, 7) is 2.36. The Morgan fingerprint density at radius 1 is 1.17 bits per heavy atom. The van der Waals surface area contributed by atoms with Gasteiger partial charge in [0.25, 0.3) is 0 Å². The molecule has 0 saturated heterocycles. The second-order valence-electron chi connectivity index (χ2n) is 3.54. The van der Waals surface area contributed by atoms with Gasteiger partial charge in [0.1, 0.15) is 18.1 Å². The van der Waals surface area contributed by atoms with Crippen LogP contribution in [0.4, 0.5) is 0 Å². The van der Waals surface area contributed by atoms with Gasteiger partial charge >= 0.3 is 11.9 Å². The van der Waals surface area contributed by atoms with Gasteiger partial charge in [-0.3, -0.25) is 9.59 Å². The molecule has 0 saturated carbocycles. The molecular weight excluding hydrogens is 238 g/mol. The minimum atomic E-state index is -0.464. The SMILES string of the molecule is CCOC(=O)CCC(=O)OCc1ccc(CN)o1. The molecule has 6 nitrogen and oxygen atoms in total. The van der Waals surface area contributed by atoms with Gasteiger partial charge < -0.3 is 19.6 Å². The van der Waals surface area contributed by atoms with Crippen molar-refractivity contribution in [2.24, 2.45) is 5.73 Å². The van der Waals surface area contributed by atoms with Crippen LogP contribution in [0.3, 0.4) is 0 Å². The van der Waals surface area contributed by atoms with Gasteiger partial charge in [0.2, 0.25) is 0 Å². The Labute approximate surface area is 105 Å². The summed E-state index contributed by atoms with van der Waals surface area (Å²) >= 11 is 0. The lowest BCUT2D eigenvalue weighted by molar-refractivity contribution is -0.151. The molecule has 0 radical (unpaired) electrons. The molecule has 0 amide bonds. The van der Waals surface area contributed by atoms with E-state index in [0.717, 1.165) is 0 Å². The molecular formula is C12H17NO5. The summed E-state index contributed by atoms with van der Waals surface area (Å²) in [5.74, 6) is 0.291. The lowest BCUT2D eigenvalue weighted by atomic mass is 10.3. The summed E-state index contributed by atoms with van der Waals surface area (Å²) in [4.78, 5) is 22.3. The van der Waals surface area contributed by atoms with E-state index < -0.39 is 11.9 Å². The molecule has 0 aliphatic rings. The molecule has 100 valence electrons. The van der Waals surface area contributed by atoms with Gasteiger partial charge in [0.15, 0.2) is 0 Å². The highest BCUT2D eigenvalue weighted by Gasteiger charge is 2.09. The third-order valence-electron chi connectivity index (χ3n) is 2.13. The second-order valence-corrected chi connectivity index (χ2v) is 3.54. The van der Waals surface area contributed by atoms with Crippen molar-refractivity contribution in [2.45, 2.75) is 32.9 Å². The van der Waals surface area contributed by atoms with E-state index in [1.807, 2.05) is 0 Å². The fraction of sp³-hybridized carbons (Fsp3) is 0.500. The fourth-order valence-corrected chi connectivity index (χ4v) is 1.27. The number of esters is 2. The summed E-state index contributed by atoms with van der Waals surface area (Å²) in [6, 6.07) is 3.42. The van der Waals surface area contributed by atoms with Gasteiger partial charge in [-0.15, -0.1) is 0 Å². The van der Waals surface area contributed by atoms with E-state index in [0.29, 0.717) is 24.7 Å². The number of carbonyl (C=O) groups excluding carboxylic acids is 2. The highest BCUT2D eigenvalue weighted by molar-refractivity contribution is 5.77. The monoisotopic (exact) mass is 255 g/mol. The second kappa shape index (κ2) is 7.50. The quantitative estimate of drug-likeness (QED) is 0.734. The third kappa shape index (κ3) is 5.01. The summed E-state index contributed by atoms with van der Waals surface area (Å²) in [5, 5.41) is 0. The number of hydrogen-bond acceptors (Lipinski definition) is 6. The third-order valence-corrected chi connectivity index (χ3v) is 2.13. The first kappa shape index (κ1) is 14.2. The summed E-state index contributed by atoms with van der Waals surface area (Å²) in [5.41, 5.74) is 5.38. The van der Waals surface area contributed by atoms with Crippen molar-refractivity contribution in [3.63, 3.8) is 0 Å². The van der Waals surface area contributed by atoms with Crippen LogP contribution in [-0.4, -0.2) is 18.5 Å². The Kier molecular flexibility index (Phi) is 5.93. The lowest BCUT2D eigenvalue weighted by Crippen LogP contribution is -2.10. The first-order chi connectivity index (χ1) is 8.65. The average molecular weight is 255 g/mol. The van der Waals surface area contributed by atoms with Crippen molar-refractivity contribution < 1.29 is 23.5 Å². The van der Waals surface area contributed by atoms with Crippen LogP contribution in [0.15, 0.2) is 16.5 Å². The van der Waals surface area contributed by atoms with Crippen molar-refractivity contribution in [2.75, 3.05) is 6.61 Å². The topological polar surface area (TPSA) is 91.8 Å². The molecule has 1 aromatic rings.